The number of hydrogen-bond donors (Lipinski definition) is 1. The Balaban J connectivity index is 2.04. The predicted octanol–water partition coefficient (Wildman–Crippen LogP) is 5.77. The zero-order valence-electron chi connectivity index (χ0n) is 19.2. The van der Waals surface area contributed by atoms with Gasteiger partial charge in [0, 0.05) is 5.69 Å². The van der Waals surface area contributed by atoms with Gasteiger partial charge >= 0.3 is 6.18 Å². The fraction of sp³-hybridized carbons (Fsp3) is 0.240. The molecule has 3 aromatic rings. The van der Waals surface area contributed by atoms with E-state index in [0.29, 0.717) is 9.99 Å². The van der Waals surface area contributed by atoms with Crippen LogP contribution < -0.4 is 9.62 Å². The molecule has 0 atom stereocenters. The number of hydrogen-bond acceptors (Lipinski definition) is 3. The first kappa shape index (κ1) is 25.3. The molecule has 0 aliphatic rings. The molecule has 0 saturated carbocycles. The number of anilines is 2. The Kier molecular flexibility index (Phi) is 7.07. The van der Waals surface area contributed by atoms with Crippen LogP contribution in [-0.4, -0.2) is 20.9 Å². The number of rotatable bonds is 6. The summed E-state index contributed by atoms with van der Waals surface area (Å²) in [6.45, 7) is 6.60. The average Bonchev–Trinajstić information content (AvgIpc) is 2.74. The number of nitrogens with zero attached hydrogens (tertiary/aromatic N) is 1. The van der Waals surface area contributed by atoms with Crippen molar-refractivity contribution in [1.29, 1.82) is 0 Å². The summed E-state index contributed by atoms with van der Waals surface area (Å²) in [6, 6.07) is 13.5. The summed E-state index contributed by atoms with van der Waals surface area (Å²) in [5.41, 5.74) is 2.65. The summed E-state index contributed by atoms with van der Waals surface area (Å²) in [4.78, 5) is 12.8. The van der Waals surface area contributed by atoms with E-state index in [4.69, 9.17) is 0 Å². The van der Waals surface area contributed by atoms with Crippen molar-refractivity contribution in [3.8, 4) is 0 Å². The van der Waals surface area contributed by atoms with E-state index in [1.807, 2.05) is 32.9 Å². The standard InChI is InChI=1S/C25H25F3N2O3S/c1-16-8-10-22(11-9-16)34(32,33)30(21-7-5-6-20(14-21)25(26,27)28)15-23(31)29-24-18(3)12-17(2)13-19(24)4/h5-14H,15H2,1-4H3,(H,29,31). The summed E-state index contributed by atoms with van der Waals surface area (Å²) in [7, 11) is -4.34. The van der Waals surface area contributed by atoms with Gasteiger partial charge in [-0.25, -0.2) is 8.42 Å². The number of alkyl halides is 3. The third-order valence-electron chi connectivity index (χ3n) is 5.30. The number of halogens is 3. The van der Waals surface area contributed by atoms with Gasteiger partial charge in [-0.3, -0.25) is 9.10 Å². The number of amides is 1. The highest BCUT2D eigenvalue weighted by Gasteiger charge is 2.33. The number of carbonyl (C=O) groups is 1. The second-order valence-electron chi connectivity index (χ2n) is 8.19. The molecule has 5 nitrogen and oxygen atoms in total. The lowest BCUT2D eigenvalue weighted by molar-refractivity contribution is -0.137. The summed E-state index contributed by atoms with van der Waals surface area (Å²) in [5.74, 6) is -0.678. The molecule has 1 N–H and O–H groups in total. The van der Waals surface area contributed by atoms with Crippen molar-refractivity contribution < 1.29 is 26.4 Å². The highest BCUT2D eigenvalue weighted by Crippen LogP contribution is 2.33. The third-order valence-corrected chi connectivity index (χ3v) is 7.09. The molecule has 3 aromatic carbocycles. The van der Waals surface area contributed by atoms with Gasteiger partial charge in [-0.2, -0.15) is 13.2 Å². The minimum absolute atomic E-state index is 0.133. The van der Waals surface area contributed by atoms with Gasteiger partial charge in [0.1, 0.15) is 6.54 Å². The van der Waals surface area contributed by atoms with Gasteiger partial charge in [-0.15, -0.1) is 0 Å². The number of benzene rings is 3. The van der Waals surface area contributed by atoms with E-state index >= 15 is 0 Å². The average molecular weight is 491 g/mol. The van der Waals surface area contributed by atoms with Gasteiger partial charge in [0.25, 0.3) is 10.0 Å². The van der Waals surface area contributed by atoms with E-state index < -0.39 is 34.2 Å². The first-order chi connectivity index (χ1) is 15.8. The van der Waals surface area contributed by atoms with Crippen LogP contribution in [0.2, 0.25) is 0 Å². The molecule has 180 valence electrons. The van der Waals surface area contributed by atoms with Crippen molar-refractivity contribution in [3.05, 3.63) is 88.5 Å². The van der Waals surface area contributed by atoms with Crippen LogP contribution in [0.3, 0.4) is 0 Å². The van der Waals surface area contributed by atoms with Crippen LogP contribution in [-0.2, 0) is 21.0 Å². The first-order valence-corrected chi connectivity index (χ1v) is 11.9. The predicted molar refractivity (Wildman–Crippen MR) is 126 cm³/mol. The van der Waals surface area contributed by atoms with E-state index in [0.717, 1.165) is 40.5 Å². The molecule has 0 bridgehead atoms. The summed E-state index contributed by atoms with van der Waals surface area (Å²) in [5, 5.41) is 2.72. The lowest BCUT2D eigenvalue weighted by atomic mass is 10.1. The van der Waals surface area contributed by atoms with E-state index in [9.17, 15) is 26.4 Å². The topological polar surface area (TPSA) is 66.5 Å². The summed E-state index contributed by atoms with van der Waals surface area (Å²) >= 11 is 0. The lowest BCUT2D eigenvalue weighted by Gasteiger charge is -2.25. The van der Waals surface area contributed by atoms with Crippen LogP contribution in [0.4, 0.5) is 24.5 Å². The maximum Gasteiger partial charge on any atom is 0.416 e. The number of carbonyl (C=O) groups excluding carboxylic acids is 1. The summed E-state index contributed by atoms with van der Waals surface area (Å²) in [6.07, 6.45) is -4.67. The number of sulfonamides is 1. The Bertz CT molecular complexity index is 1290. The van der Waals surface area contributed by atoms with Crippen molar-refractivity contribution in [2.75, 3.05) is 16.2 Å². The van der Waals surface area contributed by atoms with Gasteiger partial charge in [0.05, 0.1) is 16.1 Å². The van der Waals surface area contributed by atoms with Gasteiger partial charge in [0.15, 0.2) is 0 Å². The normalized spacial score (nSPS) is 11.9. The van der Waals surface area contributed by atoms with E-state index in [-0.39, 0.29) is 10.6 Å². The highest BCUT2D eigenvalue weighted by atomic mass is 32.2. The van der Waals surface area contributed by atoms with Crippen LogP contribution in [0.1, 0.15) is 27.8 Å². The smallest absolute Gasteiger partial charge is 0.324 e. The van der Waals surface area contributed by atoms with E-state index in [1.165, 1.54) is 18.2 Å². The van der Waals surface area contributed by atoms with Crippen molar-refractivity contribution in [2.45, 2.75) is 38.8 Å². The van der Waals surface area contributed by atoms with Crippen LogP contribution >= 0.6 is 0 Å². The van der Waals surface area contributed by atoms with Gasteiger partial charge in [-0.1, -0.05) is 41.5 Å². The molecule has 0 aliphatic carbocycles. The quantitative estimate of drug-likeness (QED) is 0.477. The zero-order chi connectivity index (χ0) is 25.3. The first-order valence-electron chi connectivity index (χ1n) is 10.4. The maximum atomic E-state index is 13.4. The Hall–Kier alpha value is -3.33. The van der Waals surface area contributed by atoms with Crippen molar-refractivity contribution in [1.82, 2.24) is 0 Å². The van der Waals surface area contributed by atoms with Crippen molar-refractivity contribution in [3.63, 3.8) is 0 Å². The Labute approximate surface area is 197 Å². The van der Waals surface area contributed by atoms with Gasteiger partial charge in [0.2, 0.25) is 5.91 Å². The molecule has 0 unspecified atom stereocenters. The molecular weight excluding hydrogens is 465 g/mol. The molecule has 0 saturated heterocycles. The minimum Gasteiger partial charge on any atom is -0.324 e. The molecule has 1 amide bonds. The Morgan fingerprint density at radius 2 is 1.47 bits per heavy atom. The van der Waals surface area contributed by atoms with Crippen molar-refractivity contribution in [2.24, 2.45) is 0 Å². The van der Waals surface area contributed by atoms with Crippen LogP contribution in [0, 0.1) is 27.7 Å². The third kappa shape index (κ3) is 5.59. The van der Waals surface area contributed by atoms with Gasteiger partial charge in [-0.05, 0) is 69.2 Å². The van der Waals surface area contributed by atoms with E-state index in [1.54, 1.807) is 19.1 Å². The molecule has 0 aromatic heterocycles. The fourth-order valence-electron chi connectivity index (χ4n) is 3.68. The number of nitrogens with one attached hydrogen (secondary N) is 1. The molecule has 0 aliphatic heterocycles. The highest BCUT2D eigenvalue weighted by molar-refractivity contribution is 7.92. The number of aryl methyl sites for hydroxylation is 4. The molecule has 34 heavy (non-hydrogen) atoms. The van der Waals surface area contributed by atoms with Crippen LogP contribution in [0.15, 0.2) is 65.6 Å². The monoisotopic (exact) mass is 490 g/mol. The molecule has 0 radical (unpaired) electrons. The minimum atomic E-state index is -4.67. The molecule has 0 heterocycles. The fourth-order valence-corrected chi connectivity index (χ4v) is 5.09. The molecule has 9 heteroatoms. The Morgan fingerprint density at radius 3 is 2.03 bits per heavy atom. The largest absolute Gasteiger partial charge is 0.416 e. The second-order valence-corrected chi connectivity index (χ2v) is 10.1. The van der Waals surface area contributed by atoms with Crippen molar-refractivity contribution >= 4 is 27.3 Å². The zero-order valence-corrected chi connectivity index (χ0v) is 20.0. The molecule has 0 fully saturated rings. The van der Waals surface area contributed by atoms with Crippen LogP contribution in [0.5, 0.6) is 0 Å². The van der Waals surface area contributed by atoms with Gasteiger partial charge < -0.3 is 5.32 Å². The lowest BCUT2D eigenvalue weighted by Crippen LogP contribution is -2.38. The second kappa shape index (κ2) is 9.50. The Morgan fingerprint density at radius 1 is 0.882 bits per heavy atom. The maximum absolute atomic E-state index is 13.4. The molecule has 3 rings (SSSR count). The van der Waals surface area contributed by atoms with Crippen LogP contribution in [0.25, 0.3) is 0 Å². The summed E-state index contributed by atoms with van der Waals surface area (Å²) < 4.78 is 67.5. The SMILES string of the molecule is Cc1ccc(S(=O)(=O)N(CC(=O)Nc2c(C)cc(C)cc2C)c2cccc(C(F)(F)F)c2)cc1. The molecule has 0 spiro atoms. The molecular formula is C25H25F3N2O3S. The van der Waals surface area contributed by atoms with E-state index in [2.05, 4.69) is 5.32 Å².